The van der Waals surface area contributed by atoms with Crippen LogP contribution >= 0.6 is 23.2 Å². The van der Waals surface area contributed by atoms with Crippen molar-refractivity contribution in [1.29, 1.82) is 0 Å². The minimum absolute atomic E-state index is 0.00521. The molecule has 0 aliphatic carbocycles. The first-order valence-electron chi connectivity index (χ1n) is 4.58. The molecule has 17 heavy (non-hydrogen) atoms. The van der Waals surface area contributed by atoms with Gasteiger partial charge in [0.15, 0.2) is 11.0 Å². The molecule has 0 atom stereocenters. The van der Waals surface area contributed by atoms with E-state index >= 15 is 0 Å². The number of carbonyl (C=O) groups excluding carboxylic acids is 1. The van der Waals surface area contributed by atoms with Gasteiger partial charge in [-0.2, -0.15) is 0 Å². The van der Waals surface area contributed by atoms with Crippen LogP contribution in [0.4, 0.5) is 10.1 Å². The molecule has 0 aliphatic rings. The number of furan rings is 1. The maximum atomic E-state index is 13.3. The Bertz CT molecular complexity index is 568. The largest absolute Gasteiger partial charge is 0.440 e. The molecule has 1 heterocycles. The van der Waals surface area contributed by atoms with Crippen LogP contribution < -0.4 is 5.32 Å². The van der Waals surface area contributed by atoms with Crippen LogP contribution in [0.1, 0.15) is 10.6 Å². The highest BCUT2D eigenvalue weighted by Crippen LogP contribution is 2.21. The third-order valence-corrected chi connectivity index (χ3v) is 2.41. The van der Waals surface area contributed by atoms with Crippen LogP contribution in [0.15, 0.2) is 34.7 Å². The summed E-state index contributed by atoms with van der Waals surface area (Å²) in [7, 11) is 0. The van der Waals surface area contributed by atoms with E-state index in [0.29, 0.717) is 5.02 Å². The van der Waals surface area contributed by atoms with Crippen LogP contribution in [0.3, 0.4) is 0 Å². The van der Waals surface area contributed by atoms with E-state index in [9.17, 15) is 9.18 Å². The van der Waals surface area contributed by atoms with Crippen molar-refractivity contribution in [3.05, 3.63) is 52.2 Å². The summed E-state index contributed by atoms with van der Waals surface area (Å²) < 4.78 is 18.2. The normalized spacial score (nSPS) is 10.3. The van der Waals surface area contributed by atoms with Crippen LogP contribution in [-0.4, -0.2) is 5.91 Å². The Morgan fingerprint density at radius 1 is 1.24 bits per heavy atom. The molecule has 0 aliphatic heterocycles. The van der Waals surface area contributed by atoms with Crippen LogP contribution in [0, 0.1) is 5.82 Å². The van der Waals surface area contributed by atoms with Gasteiger partial charge in [0.05, 0.1) is 5.69 Å². The fourth-order valence-corrected chi connectivity index (χ4v) is 1.53. The molecule has 0 bridgehead atoms. The van der Waals surface area contributed by atoms with Crippen LogP contribution in [0.5, 0.6) is 0 Å². The fourth-order valence-electron chi connectivity index (χ4n) is 1.21. The molecule has 0 saturated heterocycles. The summed E-state index contributed by atoms with van der Waals surface area (Å²) in [6.45, 7) is 0. The molecule has 0 spiro atoms. The zero-order chi connectivity index (χ0) is 12.4. The van der Waals surface area contributed by atoms with Gasteiger partial charge in [-0.05, 0) is 41.9 Å². The molecule has 1 aromatic heterocycles. The van der Waals surface area contributed by atoms with Crippen molar-refractivity contribution in [2.45, 2.75) is 0 Å². The second kappa shape index (κ2) is 4.77. The SMILES string of the molecule is O=C(Nc1cc(Cl)ccc1F)c1ccc(Cl)o1. The average Bonchev–Trinajstić information content (AvgIpc) is 2.70. The first-order valence-corrected chi connectivity index (χ1v) is 5.33. The van der Waals surface area contributed by atoms with Crippen LogP contribution in [0.2, 0.25) is 10.2 Å². The van der Waals surface area contributed by atoms with E-state index in [2.05, 4.69) is 5.32 Å². The standard InChI is InChI=1S/C11H6Cl2FNO2/c12-6-1-2-7(14)8(5-6)15-11(16)9-3-4-10(13)17-9/h1-5H,(H,15,16). The number of amides is 1. The van der Waals surface area contributed by atoms with Gasteiger partial charge < -0.3 is 9.73 Å². The number of halogens is 3. The second-order valence-corrected chi connectivity index (χ2v) is 3.99. The Kier molecular flexibility index (Phi) is 3.36. The van der Waals surface area contributed by atoms with Crippen LogP contribution in [0.25, 0.3) is 0 Å². The molecule has 1 amide bonds. The van der Waals surface area contributed by atoms with Crippen molar-refractivity contribution < 1.29 is 13.6 Å². The number of carbonyl (C=O) groups is 1. The van der Waals surface area contributed by atoms with E-state index in [4.69, 9.17) is 27.6 Å². The van der Waals surface area contributed by atoms with E-state index in [-0.39, 0.29) is 16.7 Å². The molecule has 88 valence electrons. The van der Waals surface area contributed by atoms with Gasteiger partial charge in [0, 0.05) is 5.02 Å². The van der Waals surface area contributed by atoms with Gasteiger partial charge in [-0.3, -0.25) is 4.79 Å². The number of rotatable bonds is 2. The number of nitrogens with one attached hydrogen (secondary N) is 1. The lowest BCUT2D eigenvalue weighted by Crippen LogP contribution is -2.12. The summed E-state index contributed by atoms with van der Waals surface area (Å²) in [4.78, 5) is 11.6. The number of hydrogen-bond donors (Lipinski definition) is 1. The van der Waals surface area contributed by atoms with Crippen molar-refractivity contribution in [2.75, 3.05) is 5.32 Å². The summed E-state index contributed by atoms with van der Waals surface area (Å²) in [6, 6.07) is 6.66. The molecule has 2 aromatic rings. The Morgan fingerprint density at radius 3 is 2.65 bits per heavy atom. The zero-order valence-electron chi connectivity index (χ0n) is 8.34. The molecular formula is C11H6Cl2FNO2. The third kappa shape index (κ3) is 2.78. The first-order chi connectivity index (χ1) is 8.06. The van der Waals surface area contributed by atoms with Gasteiger partial charge in [-0.25, -0.2) is 4.39 Å². The molecule has 0 unspecified atom stereocenters. The highest BCUT2D eigenvalue weighted by molar-refractivity contribution is 6.31. The van der Waals surface area contributed by atoms with Gasteiger partial charge >= 0.3 is 0 Å². The second-order valence-electron chi connectivity index (χ2n) is 3.18. The number of hydrogen-bond acceptors (Lipinski definition) is 2. The van der Waals surface area contributed by atoms with Crippen molar-refractivity contribution in [3.63, 3.8) is 0 Å². The van der Waals surface area contributed by atoms with E-state index in [1.165, 1.54) is 24.3 Å². The summed E-state index contributed by atoms with van der Waals surface area (Å²) in [6.07, 6.45) is 0. The molecule has 1 aromatic carbocycles. The van der Waals surface area contributed by atoms with Crippen molar-refractivity contribution in [1.82, 2.24) is 0 Å². The van der Waals surface area contributed by atoms with Crippen LogP contribution in [-0.2, 0) is 0 Å². The summed E-state index contributed by atoms with van der Waals surface area (Å²) in [5.74, 6) is -1.19. The molecule has 2 rings (SSSR count). The molecule has 0 radical (unpaired) electrons. The Hall–Kier alpha value is -1.52. The van der Waals surface area contributed by atoms with Crippen molar-refractivity contribution >= 4 is 34.8 Å². The fraction of sp³-hybridized carbons (Fsp3) is 0. The maximum Gasteiger partial charge on any atom is 0.291 e. The summed E-state index contributed by atoms with van der Waals surface area (Å²) in [5.41, 5.74) is -0.0185. The predicted molar refractivity (Wildman–Crippen MR) is 63.1 cm³/mol. The minimum Gasteiger partial charge on any atom is -0.440 e. The van der Waals surface area contributed by atoms with E-state index in [1.54, 1.807) is 0 Å². The van der Waals surface area contributed by atoms with Gasteiger partial charge in [-0.1, -0.05) is 11.6 Å². The third-order valence-electron chi connectivity index (χ3n) is 1.97. The summed E-state index contributed by atoms with van der Waals surface area (Å²) in [5, 5.41) is 2.73. The molecule has 1 N–H and O–H groups in total. The van der Waals surface area contributed by atoms with Gasteiger partial charge in [0.1, 0.15) is 5.82 Å². The molecule has 0 fully saturated rings. The molecule has 6 heteroatoms. The van der Waals surface area contributed by atoms with Crippen molar-refractivity contribution in [3.8, 4) is 0 Å². The Balaban J connectivity index is 2.21. The van der Waals surface area contributed by atoms with E-state index in [0.717, 1.165) is 6.07 Å². The first kappa shape index (κ1) is 12.0. The molecular weight excluding hydrogens is 268 g/mol. The maximum absolute atomic E-state index is 13.3. The van der Waals surface area contributed by atoms with E-state index < -0.39 is 11.7 Å². The monoisotopic (exact) mass is 273 g/mol. The highest BCUT2D eigenvalue weighted by Gasteiger charge is 2.13. The Labute approximate surface area is 106 Å². The topological polar surface area (TPSA) is 42.2 Å². The lowest BCUT2D eigenvalue weighted by atomic mass is 10.3. The highest BCUT2D eigenvalue weighted by atomic mass is 35.5. The summed E-state index contributed by atoms with van der Waals surface area (Å²) >= 11 is 11.2. The Morgan fingerprint density at radius 2 is 2.00 bits per heavy atom. The predicted octanol–water partition coefficient (Wildman–Crippen LogP) is 3.98. The zero-order valence-corrected chi connectivity index (χ0v) is 9.85. The van der Waals surface area contributed by atoms with Gasteiger partial charge in [-0.15, -0.1) is 0 Å². The lowest BCUT2D eigenvalue weighted by Gasteiger charge is -2.04. The number of anilines is 1. The van der Waals surface area contributed by atoms with E-state index in [1.807, 2.05) is 0 Å². The number of benzene rings is 1. The van der Waals surface area contributed by atoms with Gasteiger partial charge in [0.2, 0.25) is 0 Å². The average molecular weight is 274 g/mol. The molecule has 3 nitrogen and oxygen atoms in total. The van der Waals surface area contributed by atoms with Gasteiger partial charge in [0.25, 0.3) is 5.91 Å². The van der Waals surface area contributed by atoms with Crippen molar-refractivity contribution in [2.24, 2.45) is 0 Å². The lowest BCUT2D eigenvalue weighted by molar-refractivity contribution is 0.0996. The molecule has 0 saturated carbocycles. The smallest absolute Gasteiger partial charge is 0.291 e. The quantitative estimate of drug-likeness (QED) is 0.900. The minimum atomic E-state index is -0.599.